The maximum absolute atomic E-state index is 4.17. The van der Waals surface area contributed by atoms with Gasteiger partial charge in [0.1, 0.15) is 12.1 Å². The monoisotopic (exact) mass is 193 g/mol. The van der Waals surface area contributed by atoms with Gasteiger partial charge in [0.05, 0.1) is 0 Å². The number of hydrogen-bond donors (Lipinski definition) is 1. The maximum Gasteiger partial charge on any atom is 0.129 e. The Labute approximate surface area is 86.0 Å². The molecule has 0 amide bonds. The normalized spacial score (nSPS) is 12.5. The highest BCUT2D eigenvalue weighted by atomic mass is 15.0. The Morgan fingerprint density at radius 2 is 2.21 bits per heavy atom. The molecule has 0 saturated heterocycles. The van der Waals surface area contributed by atoms with E-state index in [-0.39, 0.29) is 0 Å². The molecule has 1 aromatic heterocycles. The largest absolute Gasteiger partial charge is 0.368 e. The highest BCUT2D eigenvalue weighted by Crippen LogP contribution is 2.08. The molecule has 0 aliphatic rings. The number of nitrogens with one attached hydrogen (secondary N) is 1. The van der Waals surface area contributed by atoms with Crippen LogP contribution in [-0.4, -0.2) is 16.0 Å². The van der Waals surface area contributed by atoms with Crippen molar-refractivity contribution in [2.75, 3.05) is 5.32 Å². The van der Waals surface area contributed by atoms with Gasteiger partial charge in [-0.25, -0.2) is 9.97 Å². The number of rotatable bonds is 5. The summed E-state index contributed by atoms with van der Waals surface area (Å²) >= 11 is 0. The summed E-state index contributed by atoms with van der Waals surface area (Å²) < 4.78 is 0. The summed E-state index contributed by atoms with van der Waals surface area (Å²) in [7, 11) is 0. The first-order valence-electron chi connectivity index (χ1n) is 5.27. The quantitative estimate of drug-likeness (QED) is 0.781. The maximum atomic E-state index is 4.17. The summed E-state index contributed by atoms with van der Waals surface area (Å²) in [5.74, 6) is 0.932. The third-order valence-corrected chi connectivity index (χ3v) is 2.19. The molecule has 0 bridgehead atoms. The van der Waals surface area contributed by atoms with Crippen LogP contribution in [0.3, 0.4) is 0 Å². The van der Waals surface area contributed by atoms with Crippen molar-refractivity contribution in [2.45, 2.75) is 46.1 Å². The van der Waals surface area contributed by atoms with Crippen LogP contribution in [0.4, 0.5) is 5.82 Å². The van der Waals surface area contributed by atoms with Gasteiger partial charge in [0.15, 0.2) is 0 Å². The lowest BCUT2D eigenvalue weighted by molar-refractivity contribution is 0.643. The number of aromatic nitrogens is 2. The van der Waals surface area contributed by atoms with Crippen LogP contribution < -0.4 is 5.32 Å². The fraction of sp³-hybridized carbons (Fsp3) is 0.636. The lowest BCUT2D eigenvalue weighted by Crippen LogP contribution is -2.15. The minimum Gasteiger partial charge on any atom is -0.368 e. The SMILES string of the molecule is CCCCC(C)Nc1cc(C)ncn1. The van der Waals surface area contributed by atoms with Gasteiger partial charge >= 0.3 is 0 Å². The van der Waals surface area contributed by atoms with Crippen LogP contribution in [0.15, 0.2) is 12.4 Å². The third-order valence-electron chi connectivity index (χ3n) is 2.19. The van der Waals surface area contributed by atoms with E-state index in [1.807, 2.05) is 13.0 Å². The summed E-state index contributed by atoms with van der Waals surface area (Å²) in [6.45, 7) is 6.37. The van der Waals surface area contributed by atoms with Gasteiger partial charge in [-0.3, -0.25) is 0 Å². The van der Waals surface area contributed by atoms with Crippen molar-refractivity contribution in [3.05, 3.63) is 18.1 Å². The average molecular weight is 193 g/mol. The van der Waals surface area contributed by atoms with Gasteiger partial charge in [0, 0.05) is 17.8 Å². The molecule has 1 atom stereocenters. The summed E-state index contributed by atoms with van der Waals surface area (Å²) in [6.07, 6.45) is 5.30. The average Bonchev–Trinajstić information content (AvgIpc) is 2.15. The summed E-state index contributed by atoms with van der Waals surface area (Å²) in [5.41, 5.74) is 1.00. The molecule has 1 unspecified atom stereocenters. The molecule has 0 saturated carbocycles. The zero-order chi connectivity index (χ0) is 10.4. The molecular weight excluding hydrogens is 174 g/mol. The number of nitrogens with zero attached hydrogens (tertiary/aromatic N) is 2. The van der Waals surface area contributed by atoms with E-state index < -0.39 is 0 Å². The number of hydrogen-bond acceptors (Lipinski definition) is 3. The van der Waals surface area contributed by atoms with E-state index in [2.05, 4.69) is 29.1 Å². The summed E-state index contributed by atoms with van der Waals surface area (Å²) in [5, 5.41) is 3.37. The summed E-state index contributed by atoms with van der Waals surface area (Å²) in [6, 6.07) is 2.46. The molecule has 0 aliphatic heterocycles. The van der Waals surface area contributed by atoms with Gasteiger partial charge in [-0.05, 0) is 20.3 Å². The van der Waals surface area contributed by atoms with Crippen LogP contribution in [0.5, 0.6) is 0 Å². The van der Waals surface area contributed by atoms with Gasteiger partial charge in [0.2, 0.25) is 0 Å². The van der Waals surface area contributed by atoms with Crippen molar-refractivity contribution in [1.82, 2.24) is 9.97 Å². The van der Waals surface area contributed by atoms with Crippen molar-refractivity contribution in [1.29, 1.82) is 0 Å². The highest BCUT2D eigenvalue weighted by Gasteiger charge is 2.01. The molecule has 0 spiro atoms. The van der Waals surface area contributed by atoms with Crippen LogP contribution in [0.1, 0.15) is 38.8 Å². The molecule has 3 nitrogen and oxygen atoms in total. The topological polar surface area (TPSA) is 37.8 Å². The molecule has 1 rings (SSSR count). The van der Waals surface area contributed by atoms with Crippen LogP contribution in [-0.2, 0) is 0 Å². The Kier molecular flexibility index (Phi) is 4.36. The first-order chi connectivity index (χ1) is 6.72. The third kappa shape index (κ3) is 3.73. The van der Waals surface area contributed by atoms with Crippen LogP contribution in [0.25, 0.3) is 0 Å². The van der Waals surface area contributed by atoms with Gasteiger partial charge in [-0.1, -0.05) is 19.8 Å². The predicted octanol–water partition coefficient (Wildman–Crippen LogP) is 2.78. The van der Waals surface area contributed by atoms with Crippen LogP contribution in [0, 0.1) is 6.92 Å². The second-order valence-corrected chi connectivity index (χ2v) is 3.73. The number of aryl methyl sites for hydroxylation is 1. The zero-order valence-electron chi connectivity index (χ0n) is 9.25. The van der Waals surface area contributed by atoms with Crippen LogP contribution >= 0.6 is 0 Å². The van der Waals surface area contributed by atoms with Gasteiger partial charge < -0.3 is 5.32 Å². The minimum atomic E-state index is 0.490. The molecular formula is C11H19N3. The van der Waals surface area contributed by atoms with Gasteiger partial charge in [-0.2, -0.15) is 0 Å². The van der Waals surface area contributed by atoms with Gasteiger partial charge in [0.25, 0.3) is 0 Å². The number of unbranched alkanes of at least 4 members (excludes halogenated alkanes) is 1. The fourth-order valence-corrected chi connectivity index (χ4v) is 1.37. The molecule has 0 fully saturated rings. The Morgan fingerprint density at radius 1 is 1.43 bits per heavy atom. The summed E-state index contributed by atoms with van der Waals surface area (Å²) in [4.78, 5) is 8.22. The lowest BCUT2D eigenvalue weighted by Gasteiger charge is -2.13. The zero-order valence-corrected chi connectivity index (χ0v) is 9.25. The molecule has 78 valence electrons. The van der Waals surface area contributed by atoms with E-state index in [4.69, 9.17) is 0 Å². The first kappa shape index (κ1) is 11.0. The van der Waals surface area contributed by atoms with Crippen molar-refractivity contribution < 1.29 is 0 Å². The predicted molar refractivity (Wildman–Crippen MR) is 59.4 cm³/mol. The second-order valence-electron chi connectivity index (χ2n) is 3.73. The smallest absolute Gasteiger partial charge is 0.129 e. The lowest BCUT2D eigenvalue weighted by atomic mass is 10.1. The Balaban J connectivity index is 2.43. The van der Waals surface area contributed by atoms with E-state index in [1.165, 1.54) is 19.3 Å². The second kappa shape index (κ2) is 5.58. The molecule has 1 N–H and O–H groups in total. The Hall–Kier alpha value is -1.12. The standard InChI is InChI=1S/C11H19N3/c1-4-5-6-9(2)14-11-7-10(3)12-8-13-11/h7-9H,4-6H2,1-3H3,(H,12,13,14). The molecule has 0 aliphatic carbocycles. The van der Waals surface area contributed by atoms with E-state index in [9.17, 15) is 0 Å². The van der Waals surface area contributed by atoms with E-state index in [0.29, 0.717) is 6.04 Å². The van der Waals surface area contributed by atoms with E-state index >= 15 is 0 Å². The fourth-order valence-electron chi connectivity index (χ4n) is 1.37. The highest BCUT2D eigenvalue weighted by molar-refractivity contribution is 5.35. The van der Waals surface area contributed by atoms with Gasteiger partial charge in [-0.15, -0.1) is 0 Å². The van der Waals surface area contributed by atoms with E-state index in [1.54, 1.807) is 6.33 Å². The Bertz CT molecular complexity index is 273. The van der Waals surface area contributed by atoms with E-state index in [0.717, 1.165) is 11.5 Å². The van der Waals surface area contributed by atoms with Crippen molar-refractivity contribution in [2.24, 2.45) is 0 Å². The number of anilines is 1. The van der Waals surface area contributed by atoms with Crippen molar-refractivity contribution in [3.63, 3.8) is 0 Å². The minimum absolute atomic E-state index is 0.490. The van der Waals surface area contributed by atoms with Crippen LogP contribution in [0.2, 0.25) is 0 Å². The van der Waals surface area contributed by atoms with Crippen molar-refractivity contribution in [3.8, 4) is 0 Å². The Morgan fingerprint density at radius 3 is 2.86 bits per heavy atom. The molecule has 0 aromatic carbocycles. The molecule has 3 heteroatoms. The van der Waals surface area contributed by atoms with Crippen molar-refractivity contribution >= 4 is 5.82 Å². The molecule has 1 aromatic rings. The first-order valence-corrected chi connectivity index (χ1v) is 5.27. The molecule has 14 heavy (non-hydrogen) atoms. The molecule has 0 radical (unpaired) electrons. The molecule has 1 heterocycles.